The average Bonchev–Trinajstić information content (AvgIpc) is 2.41. The van der Waals surface area contributed by atoms with E-state index in [2.05, 4.69) is 5.32 Å². The minimum Gasteiger partial charge on any atom is -0.369 e. The van der Waals surface area contributed by atoms with Gasteiger partial charge in [0.1, 0.15) is 6.04 Å². The summed E-state index contributed by atoms with van der Waals surface area (Å²) in [6, 6.07) is 8.87. The summed E-state index contributed by atoms with van der Waals surface area (Å²) in [5.74, 6) is -2.76. The monoisotopic (exact) mass is 296 g/mol. The number of carbonyl (C=O) groups excluding carboxylic acids is 1. The number of benzene rings is 2. The van der Waals surface area contributed by atoms with Crippen LogP contribution in [0.2, 0.25) is 5.02 Å². The van der Waals surface area contributed by atoms with Crippen molar-refractivity contribution < 1.29 is 13.6 Å². The predicted octanol–water partition coefficient (Wildman–Crippen LogP) is 3.26. The predicted molar refractivity (Wildman–Crippen MR) is 73.4 cm³/mol. The maximum atomic E-state index is 13.2. The molecule has 2 aromatic rings. The summed E-state index contributed by atoms with van der Waals surface area (Å²) >= 11 is 5.97. The van der Waals surface area contributed by atoms with Crippen LogP contribution in [0.15, 0.2) is 42.5 Å². The number of halogens is 3. The molecule has 0 aliphatic carbocycles. The van der Waals surface area contributed by atoms with Crippen LogP contribution >= 0.6 is 11.6 Å². The fourth-order valence-corrected chi connectivity index (χ4v) is 1.93. The van der Waals surface area contributed by atoms with E-state index in [0.29, 0.717) is 10.7 Å². The minimum atomic E-state index is -1.05. The fraction of sp³-hybridized carbons (Fsp3) is 0.0714. The molecule has 2 rings (SSSR count). The van der Waals surface area contributed by atoms with E-state index >= 15 is 0 Å². The second-order valence-corrected chi connectivity index (χ2v) is 4.54. The summed E-state index contributed by atoms with van der Waals surface area (Å²) in [7, 11) is 0. The first kappa shape index (κ1) is 14.3. The molecule has 0 heterocycles. The fourth-order valence-electron chi connectivity index (χ4n) is 1.74. The van der Waals surface area contributed by atoms with Crippen LogP contribution in [0.1, 0.15) is 11.6 Å². The molecule has 0 fully saturated rings. The lowest BCUT2D eigenvalue weighted by atomic mass is 10.1. The Morgan fingerprint density at radius 3 is 2.45 bits per heavy atom. The molecule has 2 aromatic carbocycles. The molecule has 3 N–H and O–H groups in total. The van der Waals surface area contributed by atoms with Crippen LogP contribution in [0.4, 0.5) is 14.5 Å². The second kappa shape index (κ2) is 5.88. The largest absolute Gasteiger partial charge is 0.369 e. The van der Waals surface area contributed by atoms with Gasteiger partial charge in [-0.05, 0) is 29.8 Å². The van der Waals surface area contributed by atoms with Gasteiger partial charge in [0, 0.05) is 0 Å². The number of hydrogen-bond acceptors (Lipinski definition) is 2. The molecule has 0 spiro atoms. The van der Waals surface area contributed by atoms with Gasteiger partial charge in [-0.25, -0.2) is 8.78 Å². The van der Waals surface area contributed by atoms with Gasteiger partial charge in [0.25, 0.3) is 0 Å². The molecule has 0 saturated carbocycles. The Morgan fingerprint density at radius 2 is 1.85 bits per heavy atom. The summed E-state index contributed by atoms with van der Waals surface area (Å²) in [5, 5.41) is 3.20. The van der Waals surface area contributed by atoms with Crippen molar-refractivity contribution in [1.29, 1.82) is 0 Å². The number of anilines is 1. The van der Waals surface area contributed by atoms with Crippen LogP contribution in [0.3, 0.4) is 0 Å². The Hall–Kier alpha value is -2.14. The van der Waals surface area contributed by atoms with Crippen molar-refractivity contribution >= 4 is 23.2 Å². The van der Waals surface area contributed by atoms with Crippen LogP contribution in [0.5, 0.6) is 0 Å². The highest BCUT2D eigenvalue weighted by Crippen LogP contribution is 2.26. The summed E-state index contributed by atoms with van der Waals surface area (Å²) < 4.78 is 26.2. The van der Waals surface area contributed by atoms with Gasteiger partial charge < -0.3 is 11.1 Å². The van der Waals surface area contributed by atoms with Gasteiger partial charge in [-0.2, -0.15) is 0 Å². The van der Waals surface area contributed by atoms with E-state index in [9.17, 15) is 13.6 Å². The quantitative estimate of drug-likeness (QED) is 0.910. The number of hydrogen-bond donors (Lipinski definition) is 2. The first-order valence-corrected chi connectivity index (χ1v) is 6.12. The van der Waals surface area contributed by atoms with E-state index in [4.69, 9.17) is 17.3 Å². The zero-order chi connectivity index (χ0) is 14.7. The maximum Gasteiger partial charge on any atom is 0.244 e. The first-order valence-electron chi connectivity index (χ1n) is 5.74. The van der Waals surface area contributed by atoms with Crippen LogP contribution in [0.25, 0.3) is 0 Å². The number of nitrogens with one attached hydrogen (secondary N) is 1. The third-order valence-electron chi connectivity index (χ3n) is 2.74. The van der Waals surface area contributed by atoms with Gasteiger partial charge in [-0.3, -0.25) is 4.79 Å². The SMILES string of the molecule is NC(=O)C(Nc1ccccc1Cl)c1ccc(F)c(F)c1. The number of para-hydroxylation sites is 1. The normalized spacial score (nSPS) is 11.9. The van der Waals surface area contributed by atoms with E-state index < -0.39 is 23.6 Å². The van der Waals surface area contributed by atoms with Crippen molar-refractivity contribution in [1.82, 2.24) is 0 Å². The van der Waals surface area contributed by atoms with Gasteiger partial charge in [0.2, 0.25) is 5.91 Å². The third-order valence-corrected chi connectivity index (χ3v) is 3.06. The number of rotatable bonds is 4. The van der Waals surface area contributed by atoms with E-state index in [0.717, 1.165) is 12.1 Å². The van der Waals surface area contributed by atoms with E-state index in [-0.39, 0.29) is 5.56 Å². The molecule has 1 unspecified atom stereocenters. The summed E-state index contributed by atoms with van der Waals surface area (Å²) in [6.07, 6.45) is 0. The molecule has 104 valence electrons. The third kappa shape index (κ3) is 3.05. The number of primary amides is 1. The Balaban J connectivity index is 2.34. The van der Waals surface area contributed by atoms with Crippen LogP contribution < -0.4 is 11.1 Å². The highest BCUT2D eigenvalue weighted by atomic mass is 35.5. The van der Waals surface area contributed by atoms with E-state index in [1.54, 1.807) is 24.3 Å². The molecule has 0 bridgehead atoms. The van der Waals surface area contributed by atoms with Crippen molar-refractivity contribution in [2.75, 3.05) is 5.32 Å². The van der Waals surface area contributed by atoms with Crippen LogP contribution in [0, 0.1) is 11.6 Å². The average molecular weight is 297 g/mol. The highest BCUT2D eigenvalue weighted by molar-refractivity contribution is 6.33. The Bertz CT molecular complexity index is 649. The van der Waals surface area contributed by atoms with Crippen molar-refractivity contribution in [3.05, 3.63) is 64.7 Å². The first-order chi connectivity index (χ1) is 9.49. The molecule has 0 aliphatic rings. The lowest BCUT2D eigenvalue weighted by Gasteiger charge is -2.18. The standard InChI is InChI=1S/C14H11ClF2N2O/c15-9-3-1-2-4-12(9)19-13(14(18)20)8-5-6-10(16)11(17)7-8/h1-7,13,19H,(H2,18,20). The zero-order valence-corrected chi connectivity index (χ0v) is 11.0. The molecule has 6 heteroatoms. The number of carbonyl (C=O) groups is 1. The molecular formula is C14H11ClF2N2O. The molecular weight excluding hydrogens is 286 g/mol. The molecule has 1 atom stereocenters. The van der Waals surface area contributed by atoms with Gasteiger partial charge in [0.05, 0.1) is 10.7 Å². The molecule has 20 heavy (non-hydrogen) atoms. The van der Waals surface area contributed by atoms with Crippen LogP contribution in [-0.2, 0) is 4.79 Å². The van der Waals surface area contributed by atoms with Crippen LogP contribution in [-0.4, -0.2) is 5.91 Å². The Morgan fingerprint density at radius 1 is 1.15 bits per heavy atom. The Kier molecular flexibility index (Phi) is 4.20. The smallest absolute Gasteiger partial charge is 0.244 e. The van der Waals surface area contributed by atoms with Crippen molar-refractivity contribution in [3.8, 4) is 0 Å². The molecule has 0 radical (unpaired) electrons. The summed E-state index contributed by atoms with van der Waals surface area (Å²) in [6.45, 7) is 0. The topological polar surface area (TPSA) is 55.1 Å². The molecule has 3 nitrogen and oxygen atoms in total. The minimum absolute atomic E-state index is 0.219. The van der Waals surface area contributed by atoms with E-state index in [1.807, 2.05) is 0 Å². The van der Waals surface area contributed by atoms with E-state index in [1.165, 1.54) is 6.07 Å². The van der Waals surface area contributed by atoms with Gasteiger partial charge in [-0.1, -0.05) is 29.8 Å². The lowest BCUT2D eigenvalue weighted by molar-refractivity contribution is -0.118. The van der Waals surface area contributed by atoms with Gasteiger partial charge >= 0.3 is 0 Å². The maximum absolute atomic E-state index is 13.2. The van der Waals surface area contributed by atoms with Crippen molar-refractivity contribution in [3.63, 3.8) is 0 Å². The molecule has 0 aromatic heterocycles. The molecule has 0 aliphatic heterocycles. The Labute approximate surface area is 119 Å². The van der Waals surface area contributed by atoms with Gasteiger partial charge in [-0.15, -0.1) is 0 Å². The zero-order valence-electron chi connectivity index (χ0n) is 10.2. The van der Waals surface area contributed by atoms with Crippen molar-refractivity contribution in [2.45, 2.75) is 6.04 Å². The number of amides is 1. The summed E-state index contributed by atoms with van der Waals surface area (Å²) in [4.78, 5) is 11.5. The lowest BCUT2D eigenvalue weighted by Crippen LogP contribution is -2.28. The van der Waals surface area contributed by atoms with Crippen molar-refractivity contribution in [2.24, 2.45) is 5.73 Å². The van der Waals surface area contributed by atoms with Gasteiger partial charge in [0.15, 0.2) is 11.6 Å². The molecule has 1 amide bonds. The number of nitrogens with two attached hydrogens (primary N) is 1. The second-order valence-electron chi connectivity index (χ2n) is 4.13. The summed E-state index contributed by atoms with van der Waals surface area (Å²) in [5.41, 5.74) is 5.99. The highest BCUT2D eigenvalue weighted by Gasteiger charge is 2.20. The molecule has 0 saturated heterocycles.